The maximum atomic E-state index is 6.42. The molecule has 158 valence electrons. The minimum atomic E-state index is 0.367. The van der Waals surface area contributed by atoms with Crippen LogP contribution in [-0.4, -0.2) is 45.9 Å². The molecule has 3 aliphatic heterocycles. The van der Waals surface area contributed by atoms with Crippen molar-refractivity contribution in [2.45, 2.75) is 82.8 Å². The molecule has 0 aliphatic carbocycles. The summed E-state index contributed by atoms with van der Waals surface area (Å²) in [6, 6.07) is 3.73. The molecule has 2 aromatic rings. The zero-order valence-corrected chi connectivity index (χ0v) is 17.7. The Hall–Kier alpha value is -1.86. The van der Waals surface area contributed by atoms with Gasteiger partial charge in [0.15, 0.2) is 5.65 Å². The summed E-state index contributed by atoms with van der Waals surface area (Å²) in [7, 11) is 0. The Morgan fingerprint density at radius 2 is 1.93 bits per heavy atom. The van der Waals surface area contributed by atoms with Gasteiger partial charge in [-0.25, -0.2) is 4.98 Å². The summed E-state index contributed by atoms with van der Waals surface area (Å²) in [5, 5.41) is 12.3. The lowest BCUT2D eigenvalue weighted by molar-refractivity contribution is 0.0904. The molecule has 5 rings (SSSR count). The molecule has 7 heteroatoms. The molecule has 0 aromatic carbocycles. The van der Waals surface area contributed by atoms with Crippen LogP contribution in [0.2, 0.25) is 0 Å². The molecule has 2 unspecified atom stereocenters. The third-order valence-electron chi connectivity index (χ3n) is 6.93. The third-order valence-corrected chi connectivity index (χ3v) is 6.93. The first-order chi connectivity index (χ1) is 14.1. The molecule has 7 nitrogen and oxygen atoms in total. The van der Waals surface area contributed by atoms with E-state index >= 15 is 0 Å². The van der Waals surface area contributed by atoms with Gasteiger partial charge in [0, 0.05) is 43.0 Å². The molecule has 3 fully saturated rings. The van der Waals surface area contributed by atoms with Crippen molar-refractivity contribution in [3.05, 3.63) is 17.3 Å². The fourth-order valence-electron chi connectivity index (χ4n) is 5.58. The first-order valence-corrected chi connectivity index (χ1v) is 11.3. The molecule has 4 N–H and O–H groups in total. The fraction of sp³-hybridized carbons (Fsp3) is 0.727. The quantitative estimate of drug-likeness (QED) is 0.717. The minimum Gasteiger partial charge on any atom is -0.383 e. The number of aromatic nitrogens is 3. The number of nitrogens with two attached hydrogens (primary N) is 1. The first kappa shape index (κ1) is 19.1. The van der Waals surface area contributed by atoms with E-state index in [0.29, 0.717) is 35.8 Å². The van der Waals surface area contributed by atoms with Crippen molar-refractivity contribution in [3.8, 4) is 0 Å². The standard InChI is InChI=1S/C22H34N6O/c1-13(2)21-18(11-14-9-16-3-4-17(10-14)24-16)27-28-19(23)12-20(26-22(21)28)25-15-5-7-29-8-6-15/h12-17,24H,3-11,23H2,1-2H3,(H,25,26). The van der Waals surface area contributed by atoms with Crippen LogP contribution in [0.4, 0.5) is 11.6 Å². The van der Waals surface area contributed by atoms with Gasteiger partial charge in [0.25, 0.3) is 0 Å². The number of ether oxygens (including phenoxy) is 1. The largest absolute Gasteiger partial charge is 0.383 e. The Morgan fingerprint density at radius 1 is 1.21 bits per heavy atom. The number of nitrogens with zero attached hydrogens (tertiary/aromatic N) is 3. The Bertz CT molecular complexity index is 860. The van der Waals surface area contributed by atoms with E-state index in [1.54, 1.807) is 0 Å². The van der Waals surface area contributed by atoms with E-state index < -0.39 is 0 Å². The predicted molar refractivity (Wildman–Crippen MR) is 115 cm³/mol. The van der Waals surface area contributed by atoms with Crippen LogP contribution >= 0.6 is 0 Å². The van der Waals surface area contributed by atoms with Crippen LogP contribution in [-0.2, 0) is 11.2 Å². The topological polar surface area (TPSA) is 89.5 Å². The normalized spacial score (nSPS) is 27.8. The second-order valence-electron chi connectivity index (χ2n) is 9.53. The molecule has 2 atom stereocenters. The lowest BCUT2D eigenvalue weighted by Crippen LogP contribution is -2.38. The van der Waals surface area contributed by atoms with Gasteiger partial charge in [-0.15, -0.1) is 0 Å². The van der Waals surface area contributed by atoms with Crippen LogP contribution in [0.25, 0.3) is 5.65 Å². The smallest absolute Gasteiger partial charge is 0.163 e. The van der Waals surface area contributed by atoms with Crippen LogP contribution < -0.4 is 16.4 Å². The molecule has 0 spiro atoms. The Balaban J connectivity index is 1.44. The zero-order chi connectivity index (χ0) is 20.0. The number of anilines is 2. The summed E-state index contributed by atoms with van der Waals surface area (Å²) >= 11 is 0. The van der Waals surface area contributed by atoms with Crippen LogP contribution in [0.1, 0.15) is 69.5 Å². The second kappa shape index (κ2) is 7.76. The minimum absolute atomic E-state index is 0.367. The summed E-state index contributed by atoms with van der Waals surface area (Å²) < 4.78 is 7.33. The van der Waals surface area contributed by atoms with Crippen molar-refractivity contribution in [2.24, 2.45) is 5.92 Å². The van der Waals surface area contributed by atoms with Gasteiger partial charge in [0.1, 0.15) is 11.6 Å². The van der Waals surface area contributed by atoms with E-state index in [4.69, 9.17) is 20.6 Å². The number of fused-ring (bicyclic) bond motifs is 3. The number of piperidine rings is 1. The van der Waals surface area contributed by atoms with E-state index in [2.05, 4.69) is 24.5 Å². The molecular weight excluding hydrogens is 364 g/mol. The maximum absolute atomic E-state index is 6.42. The van der Waals surface area contributed by atoms with E-state index in [1.807, 2.05) is 10.6 Å². The summed E-state index contributed by atoms with van der Waals surface area (Å²) in [6.07, 6.45) is 8.24. The average Bonchev–Trinajstić information content (AvgIpc) is 3.22. The van der Waals surface area contributed by atoms with Crippen LogP contribution in [0.5, 0.6) is 0 Å². The van der Waals surface area contributed by atoms with Gasteiger partial charge >= 0.3 is 0 Å². The van der Waals surface area contributed by atoms with E-state index in [1.165, 1.54) is 36.9 Å². The second-order valence-corrected chi connectivity index (χ2v) is 9.53. The van der Waals surface area contributed by atoms with E-state index in [-0.39, 0.29) is 0 Å². The number of rotatable bonds is 5. The predicted octanol–water partition coefficient (Wildman–Crippen LogP) is 3.10. The van der Waals surface area contributed by atoms with E-state index in [0.717, 1.165) is 43.9 Å². The van der Waals surface area contributed by atoms with E-state index in [9.17, 15) is 0 Å². The third kappa shape index (κ3) is 3.82. The molecule has 2 bridgehead atoms. The van der Waals surface area contributed by atoms with Gasteiger partial charge in [0.2, 0.25) is 0 Å². The molecule has 5 heterocycles. The Kier molecular flexibility index (Phi) is 5.12. The lowest BCUT2D eigenvalue weighted by Gasteiger charge is -2.28. The van der Waals surface area contributed by atoms with Crippen LogP contribution in [0.15, 0.2) is 6.07 Å². The SMILES string of the molecule is CC(C)c1c(CC2CC3CCC(C2)N3)nn2c(N)cc(NC3CCOCC3)nc12. The van der Waals surface area contributed by atoms with Crippen LogP contribution in [0, 0.1) is 5.92 Å². The van der Waals surface area contributed by atoms with Gasteiger partial charge < -0.3 is 21.1 Å². The summed E-state index contributed by atoms with van der Waals surface area (Å²) in [5.41, 5.74) is 9.79. The summed E-state index contributed by atoms with van der Waals surface area (Å²) in [6.45, 7) is 6.09. The highest BCUT2D eigenvalue weighted by Crippen LogP contribution is 2.35. The molecule has 0 radical (unpaired) electrons. The molecule has 2 aromatic heterocycles. The first-order valence-electron chi connectivity index (χ1n) is 11.3. The molecular formula is C22H34N6O. The Labute approximate surface area is 172 Å². The van der Waals surface area contributed by atoms with Crippen molar-refractivity contribution in [2.75, 3.05) is 24.3 Å². The van der Waals surface area contributed by atoms with Crippen molar-refractivity contribution in [1.29, 1.82) is 0 Å². The average molecular weight is 399 g/mol. The fourth-order valence-corrected chi connectivity index (χ4v) is 5.58. The molecule has 3 aliphatic rings. The zero-order valence-electron chi connectivity index (χ0n) is 17.7. The summed E-state index contributed by atoms with van der Waals surface area (Å²) in [4.78, 5) is 4.96. The highest BCUT2D eigenvalue weighted by Gasteiger charge is 2.34. The molecule has 0 amide bonds. The highest BCUT2D eigenvalue weighted by atomic mass is 16.5. The van der Waals surface area contributed by atoms with Crippen molar-refractivity contribution < 1.29 is 4.74 Å². The number of hydrogen-bond acceptors (Lipinski definition) is 6. The molecule has 3 saturated heterocycles. The van der Waals surface area contributed by atoms with Gasteiger partial charge in [-0.2, -0.15) is 9.61 Å². The van der Waals surface area contributed by atoms with Gasteiger partial charge in [-0.3, -0.25) is 0 Å². The number of nitrogen functional groups attached to an aromatic ring is 1. The Morgan fingerprint density at radius 3 is 2.62 bits per heavy atom. The maximum Gasteiger partial charge on any atom is 0.163 e. The highest BCUT2D eigenvalue weighted by molar-refractivity contribution is 5.61. The van der Waals surface area contributed by atoms with Gasteiger partial charge in [-0.1, -0.05) is 13.8 Å². The lowest BCUT2D eigenvalue weighted by atomic mass is 9.86. The number of nitrogens with one attached hydrogen (secondary N) is 2. The number of hydrogen-bond donors (Lipinski definition) is 3. The summed E-state index contributed by atoms with van der Waals surface area (Å²) in [5.74, 6) is 2.58. The van der Waals surface area contributed by atoms with Crippen molar-refractivity contribution in [3.63, 3.8) is 0 Å². The molecule has 0 saturated carbocycles. The monoisotopic (exact) mass is 398 g/mol. The van der Waals surface area contributed by atoms with Gasteiger partial charge in [0.05, 0.1) is 5.69 Å². The van der Waals surface area contributed by atoms with Crippen molar-refractivity contribution in [1.82, 2.24) is 19.9 Å². The van der Waals surface area contributed by atoms with Gasteiger partial charge in [-0.05, 0) is 56.8 Å². The van der Waals surface area contributed by atoms with Crippen LogP contribution in [0.3, 0.4) is 0 Å². The molecule has 29 heavy (non-hydrogen) atoms. The van der Waals surface area contributed by atoms with Crippen molar-refractivity contribution >= 4 is 17.3 Å².